The zero-order chi connectivity index (χ0) is 18.1. The lowest BCUT2D eigenvalue weighted by Gasteiger charge is -2.25. The van der Waals surface area contributed by atoms with E-state index in [2.05, 4.69) is 0 Å². The standard InChI is InChI=1S/C14H20N4O6/c1-14(2,3)24-11(20)9-5-4-7-17-12(21)16(13(22)18(9)17)8-6-10(19)15-23/h4-5,9,23H,6-8H2,1-3H3,(H,15,19). The molecule has 2 N–H and O–H groups in total. The molecule has 0 fully saturated rings. The summed E-state index contributed by atoms with van der Waals surface area (Å²) in [6.45, 7) is 5.02. The van der Waals surface area contributed by atoms with Gasteiger partial charge in [-0.3, -0.25) is 10.0 Å². The van der Waals surface area contributed by atoms with Crippen LogP contribution in [0.1, 0.15) is 33.2 Å². The number of hydrogen-bond donors (Lipinski definition) is 2. The maximum absolute atomic E-state index is 12.5. The van der Waals surface area contributed by atoms with Crippen molar-refractivity contribution in [2.24, 2.45) is 0 Å². The molecule has 1 aliphatic heterocycles. The average molecular weight is 340 g/mol. The van der Waals surface area contributed by atoms with Crippen molar-refractivity contribution < 1.29 is 19.5 Å². The molecule has 0 aliphatic carbocycles. The molecule has 1 atom stereocenters. The van der Waals surface area contributed by atoms with E-state index in [9.17, 15) is 19.2 Å². The minimum absolute atomic E-state index is 0.132. The SMILES string of the molecule is CC(C)(C)OC(=O)C1C=CCn2c(=O)n(CCC(=O)NO)c(=O)n21. The number of allylic oxidation sites excluding steroid dienone is 1. The number of nitrogens with one attached hydrogen (secondary N) is 1. The number of amides is 1. The van der Waals surface area contributed by atoms with E-state index in [-0.39, 0.29) is 19.5 Å². The van der Waals surface area contributed by atoms with Gasteiger partial charge in [-0.15, -0.1) is 0 Å². The smallest absolute Gasteiger partial charge is 0.348 e. The van der Waals surface area contributed by atoms with Crippen molar-refractivity contribution in [3.63, 3.8) is 0 Å². The Morgan fingerprint density at radius 3 is 2.58 bits per heavy atom. The molecule has 0 aromatic carbocycles. The van der Waals surface area contributed by atoms with Gasteiger partial charge >= 0.3 is 17.3 Å². The number of nitrogens with zero attached hydrogens (tertiary/aromatic N) is 3. The maximum atomic E-state index is 12.5. The third-order valence-corrected chi connectivity index (χ3v) is 3.33. The molecule has 0 saturated carbocycles. The molecule has 2 rings (SSSR count). The summed E-state index contributed by atoms with van der Waals surface area (Å²) in [6.07, 6.45) is 2.85. The van der Waals surface area contributed by atoms with Crippen molar-refractivity contribution >= 4 is 11.9 Å². The summed E-state index contributed by atoms with van der Waals surface area (Å²) in [7, 11) is 0. The highest BCUT2D eigenvalue weighted by atomic mass is 16.6. The molecule has 1 amide bonds. The zero-order valence-electron chi connectivity index (χ0n) is 13.7. The Hall–Kier alpha value is -2.62. The van der Waals surface area contributed by atoms with Crippen LogP contribution in [0.4, 0.5) is 0 Å². The molecule has 24 heavy (non-hydrogen) atoms. The quantitative estimate of drug-likeness (QED) is 0.319. The third kappa shape index (κ3) is 3.48. The van der Waals surface area contributed by atoms with E-state index in [0.29, 0.717) is 0 Å². The maximum Gasteiger partial charge on any atom is 0.348 e. The Morgan fingerprint density at radius 2 is 2.00 bits per heavy atom. The Morgan fingerprint density at radius 1 is 1.33 bits per heavy atom. The lowest BCUT2D eigenvalue weighted by atomic mass is 10.2. The summed E-state index contributed by atoms with van der Waals surface area (Å²) in [5.41, 5.74) is -0.657. The van der Waals surface area contributed by atoms with Crippen LogP contribution in [-0.4, -0.2) is 36.6 Å². The van der Waals surface area contributed by atoms with E-state index in [1.807, 2.05) is 0 Å². The van der Waals surface area contributed by atoms with Gasteiger partial charge in [-0.1, -0.05) is 12.2 Å². The number of aromatic nitrogens is 3. The molecule has 1 unspecified atom stereocenters. The molecule has 1 aromatic heterocycles. The van der Waals surface area contributed by atoms with Crippen molar-refractivity contribution in [3.8, 4) is 0 Å². The number of esters is 1. The van der Waals surface area contributed by atoms with Crippen LogP contribution in [0.15, 0.2) is 21.7 Å². The summed E-state index contributed by atoms with van der Waals surface area (Å²) < 4.78 is 8.27. The number of rotatable bonds is 4. The predicted molar refractivity (Wildman–Crippen MR) is 81.5 cm³/mol. The van der Waals surface area contributed by atoms with Gasteiger partial charge in [-0.25, -0.2) is 33.8 Å². The number of fused-ring (bicyclic) bond motifs is 1. The molecule has 1 aromatic rings. The number of carbonyl (C=O) groups excluding carboxylic acids is 2. The van der Waals surface area contributed by atoms with E-state index < -0.39 is 34.9 Å². The fraction of sp³-hybridized carbons (Fsp3) is 0.571. The van der Waals surface area contributed by atoms with E-state index in [4.69, 9.17) is 9.94 Å². The first-order valence-electron chi connectivity index (χ1n) is 7.40. The first-order chi connectivity index (χ1) is 11.2. The van der Waals surface area contributed by atoms with Gasteiger partial charge in [0.25, 0.3) is 0 Å². The summed E-state index contributed by atoms with van der Waals surface area (Å²) in [6, 6.07) is -1.05. The largest absolute Gasteiger partial charge is 0.458 e. The lowest BCUT2D eigenvalue weighted by Crippen LogP contribution is -2.39. The topological polar surface area (TPSA) is 125 Å². The van der Waals surface area contributed by atoms with Crippen LogP contribution in [-0.2, 0) is 27.4 Å². The van der Waals surface area contributed by atoms with E-state index in [1.165, 1.54) is 11.6 Å². The molecular weight excluding hydrogens is 320 g/mol. The molecule has 0 radical (unpaired) electrons. The highest BCUT2D eigenvalue weighted by Gasteiger charge is 2.31. The van der Waals surface area contributed by atoms with Gasteiger partial charge in [-0.2, -0.15) is 0 Å². The molecular formula is C14H20N4O6. The lowest BCUT2D eigenvalue weighted by molar-refractivity contribution is -0.158. The van der Waals surface area contributed by atoms with Crippen molar-refractivity contribution in [1.82, 2.24) is 19.4 Å². The molecule has 1 aliphatic rings. The van der Waals surface area contributed by atoms with Gasteiger partial charge in [0.05, 0.1) is 6.54 Å². The fourth-order valence-electron chi connectivity index (χ4n) is 2.35. The minimum Gasteiger partial charge on any atom is -0.458 e. The number of hydrogen-bond acceptors (Lipinski definition) is 6. The van der Waals surface area contributed by atoms with Gasteiger partial charge in [-0.05, 0) is 20.8 Å². The Labute approximate surface area is 136 Å². The molecule has 0 bridgehead atoms. The van der Waals surface area contributed by atoms with Crippen LogP contribution in [0.3, 0.4) is 0 Å². The molecule has 10 heteroatoms. The number of hydroxylamine groups is 1. The zero-order valence-corrected chi connectivity index (χ0v) is 13.7. The molecule has 132 valence electrons. The Bertz CT molecular complexity index is 792. The second-order valence-corrected chi connectivity index (χ2v) is 6.33. The fourth-order valence-corrected chi connectivity index (χ4v) is 2.35. The third-order valence-electron chi connectivity index (χ3n) is 3.33. The molecule has 0 saturated heterocycles. The highest BCUT2D eigenvalue weighted by Crippen LogP contribution is 2.17. The predicted octanol–water partition coefficient (Wildman–Crippen LogP) is -0.840. The first kappa shape index (κ1) is 17.7. The van der Waals surface area contributed by atoms with Crippen LogP contribution < -0.4 is 16.9 Å². The summed E-state index contributed by atoms with van der Waals surface area (Å²) in [5, 5.41) is 8.49. The van der Waals surface area contributed by atoms with Crippen LogP contribution in [0.25, 0.3) is 0 Å². The van der Waals surface area contributed by atoms with Crippen LogP contribution in [0, 0.1) is 0 Å². The summed E-state index contributed by atoms with van der Waals surface area (Å²) >= 11 is 0. The second kappa shape index (κ2) is 6.48. The highest BCUT2D eigenvalue weighted by molar-refractivity contribution is 5.76. The molecule has 2 heterocycles. The summed E-state index contributed by atoms with van der Waals surface area (Å²) in [5.74, 6) is -1.38. The van der Waals surface area contributed by atoms with E-state index in [1.54, 1.807) is 26.8 Å². The second-order valence-electron chi connectivity index (χ2n) is 6.33. The van der Waals surface area contributed by atoms with Crippen molar-refractivity contribution in [2.45, 2.75) is 51.9 Å². The molecule has 10 nitrogen and oxygen atoms in total. The molecule has 0 spiro atoms. The van der Waals surface area contributed by atoms with Crippen LogP contribution >= 0.6 is 0 Å². The number of carbonyl (C=O) groups is 2. The van der Waals surface area contributed by atoms with Gasteiger partial charge in [0.1, 0.15) is 5.60 Å². The van der Waals surface area contributed by atoms with Crippen LogP contribution in [0.5, 0.6) is 0 Å². The van der Waals surface area contributed by atoms with E-state index in [0.717, 1.165) is 13.9 Å². The van der Waals surface area contributed by atoms with Gasteiger partial charge in [0.2, 0.25) is 5.91 Å². The number of ether oxygens (including phenoxy) is 1. The normalized spacial score (nSPS) is 16.6. The van der Waals surface area contributed by atoms with Gasteiger partial charge in [0.15, 0.2) is 6.04 Å². The van der Waals surface area contributed by atoms with Gasteiger partial charge in [0, 0.05) is 13.0 Å². The monoisotopic (exact) mass is 340 g/mol. The van der Waals surface area contributed by atoms with E-state index >= 15 is 0 Å². The van der Waals surface area contributed by atoms with Crippen LogP contribution in [0.2, 0.25) is 0 Å². The summed E-state index contributed by atoms with van der Waals surface area (Å²) in [4.78, 5) is 48.2. The van der Waals surface area contributed by atoms with Crippen molar-refractivity contribution in [1.29, 1.82) is 0 Å². The van der Waals surface area contributed by atoms with Crippen molar-refractivity contribution in [2.75, 3.05) is 0 Å². The van der Waals surface area contributed by atoms with Crippen molar-refractivity contribution in [3.05, 3.63) is 33.1 Å². The Balaban J connectivity index is 2.38. The average Bonchev–Trinajstić information content (AvgIpc) is 2.75. The Kier molecular flexibility index (Phi) is 4.78. The minimum atomic E-state index is -1.05. The van der Waals surface area contributed by atoms with Gasteiger partial charge < -0.3 is 4.74 Å². The first-order valence-corrected chi connectivity index (χ1v) is 7.40.